The maximum absolute atomic E-state index is 13.9. The zero-order valence-electron chi connectivity index (χ0n) is 11.5. The molecular formula is C15H22FNOS. The molecule has 0 radical (unpaired) electrons. The molecule has 0 saturated carbocycles. The van der Waals surface area contributed by atoms with Crippen molar-refractivity contribution in [3.8, 4) is 0 Å². The topological polar surface area (TPSA) is 21.3 Å². The summed E-state index contributed by atoms with van der Waals surface area (Å²) in [6, 6.07) is 5.33. The maximum Gasteiger partial charge on any atom is 0.128 e. The van der Waals surface area contributed by atoms with Gasteiger partial charge in [-0.1, -0.05) is 13.0 Å². The number of thioether (sulfide) groups is 1. The summed E-state index contributed by atoms with van der Waals surface area (Å²) in [5.74, 6) is 0.811. The van der Waals surface area contributed by atoms with E-state index in [0.717, 1.165) is 48.6 Å². The molecule has 1 N–H and O–H groups in total. The summed E-state index contributed by atoms with van der Waals surface area (Å²) in [7, 11) is 0. The second-order valence-corrected chi connectivity index (χ2v) is 5.90. The zero-order valence-corrected chi connectivity index (χ0v) is 12.3. The highest BCUT2D eigenvalue weighted by Gasteiger charge is 2.17. The van der Waals surface area contributed by atoms with Crippen LogP contribution in [0, 0.1) is 5.82 Å². The molecule has 4 heteroatoms. The number of hydrogen-bond donors (Lipinski definition) is 1. The Bertz CT molecular complexity index is 394. The van der Waals surface area contributed by atoms with E-state index in [2.05, 4.69) is 12.2 Å². The van der Waals surface area contributed by atoms with Crippen molar-refractivity contribution in [2.24, 2.45) is 0 Å². The van der Waals surface area contributed by atoms with Gasteiger partial charge in [-0.25, -0.2) is 4.39 Å². The first-order valence-corrected chi connectivity index (χ1v) is 8.02. The minimum atomic E-state index is -0.110. The Morgan fingerprint density at radius 3 is 3.11 bits per heavy atom. The van der Waals surface area contributed by atoms with Crippen molar-refractivity contribution < 1.29 is 9.13 Å². The zero-order chi connectivity index (χ0) is 13.5. The van der Waals surface area contributed by atoms with Gasteiger partial charge in [-0.3, -0.25) is 0 Å². The van der Waals surface area contributed by atoms with Crippen LogP contribution in [0.1, 0.15) is 31.7 Å². The predicted octanol–water partition coefficient (Wildman–Crippen LogP) is 3.60. The molecule has 2 nitrogen and oxygen atoms in total. The minimum absolute atomic E-state index is 0.110. The summed E-state index contributed by atoms with van der Waals surface area (Å²) in [6.07, 6.45) is 3.68. The molecule has 0 aliphatic carbocycles. The van der Waals surface area contributed by atoms with Crippen molar-refractivity contribution >= 4 is 11.8 Å². The van der Waals surface area contributed by atoms with E-state index in [1.54, 1.807) is 23.9 Å². The van der Waals surface area contributed by atoms with E-state index in [9.17, 15) is 4.39 Å². The van der Waals surface area contributed by atoms with E-state index in [0.29, 0.717) is 12.6 Å². The van der Waals surface area contributed by atoms with Crippen LogP contribution < -0.4 is 5.32 Å². The van der Waals surface area contributed by atoms with Crippen LogP contribution in [0.25, 0.3) is 0 Å². The molecule has 1 aliphatic heterocycles. The first-order valence-electron chi connectivity index (χ1n) is 7.03. The molecule has 1 aromatic carbocycles. The summed E-state index contributed by atoms with van der Waals surface area (Å²) in [5.41, 5.74) is 0.791. The third-order valence-electron chi connectivity index (χ3n) is 3.25. The molecule has 0 amide bonds. The average molecular weight is 283 g/mol. The Balaban J connectivity index is 1.95. The third kappa shape index (κ3) is 4.48. The van der Waals surface area contributed by atoms with Gasteiger partial charge in [0.15, 0.2) is 0 Å². The number of benzene rings is 1. The number of nitrogens with one attached hydrogen (secondary N) is 1. The number of halogens is 1. The summed E-state index contributed by atoms with van der Waals surface area (Å²) >= 11 is 1.71. The summed E-state index contributed by atoms with van der Waals surface area (Å²) in [5, 5.41) is 3.28. The van der Waals surface area contributed by atoms with Crippen molar-refractivity contribution in [3.63, 3.8) is 0 Å². The van der Waals surface area contributed by atoms with Crippen molar-refractivity contribution in [1.29, 1.82) is 0 Å². The fourth-order valence-electron chi connectivity index (χ4n) is 2.19. The molecule has 1 fully saturated rings. The van der Waals surface area contributed by atoms with E-state index in [1.165, 1.54) is 0 Å². The van der Waals surface area contributed by atoms with Gasteiger partial charge in [0.25, 0.3) is 0 Å². The predicted molar refractivity (Wildman–Crippen MR) is 78.1 cm³/mol. The second-order valence-electron chi connectivity index (χ2n) is 4.84. The van der Waals surface area contributed by atoms with Gasteiger partial charge < -0.3 is 10.1 Å². The van der Waals surface area contributed by atoms with Crippen molar-refractivity contribution in [2.45, 2.75) is 43.7 Å². The van der Waals surface area contributed by atoms with Gasteiger partial charge in [-0.15, -0.1) is 11.8 Å². The Hall–Kier alpha value is -0.580. The molecule has 1 atom stereocenters. The molecule has 19 heavy (non-hydrogen) atoms. The molecule has 0 spiro atoms. The lowest BCUT2D eigenvalue weighted by molar-refractivity contribution is 0.129. The molecule has 1 saturated heterocycles. The van der Waals surface area contributed by atoms with Gasteiger partial charge in [0, 0.05) is 29.4 Å². The molecule has 1 unspecified atom stereocenters. The van der Waals surface area contributed by atoms with E-state index in [1.807, 2.05) is 6.07 Å². The van der Waals surface area contributed by atoms with Crippen LogP contribution in [0.15, 0.2) is 23.1 Å². The standard InChI is InChI=1S/C15H22FNOS/c1-2-8-17-10-13-14(16)6-3-7-15(13)19-11-12-5-4-9-18-12/h3,6-7,12,17H,2,4-5,8-11H2,1H3. The summed E-state index contributed by atoms with van der Waals surface area (Å²) < 4.78 is 19.5. The average Bonchev–Trinajstić information content (AvgIpc) is 2.92. The van der Waals surface area contributed by atoms with Crippen LogP contribution >= 0.6 is 11.8 Å². The van der Waals surface area contributed by atoms with Crippen LogP contribution in [0.3, 0.4) is 0 Å². The molecule has 0 aromatic heterocycles. The summed E-state index contributed by atoms with van der Waals surface area (Å²) in [4.78, 5) is 1.04. The molecular weight excluding hydrogens is 261 g/mol. The Kier molecular flexibility index (Phi) is 6.14. The van der Waals surface area contributed by atoms with E-state index in [-0.39, 0.29) is 5.82 Å². The number of rotatable bonds is 7. The molecule has 1 aromatic rings. The highest BCUT2D eigenvalue weighted by molar-refractivity contribution is 7.99. The van der Waals surface area contributed by atoms with E-state index >= 15 is 0 Å². The first-order chi connectivity index (χ1) is 9.31. The number of hydrogen-bond acceptors (Lipinski definition) is 3. The molecule has 2 rings (SSSR count). The smallest absolute Gasteiger partial charge is 0.128 e. The molecule has 1 aliphatic rings. The Morgan fingerprint density at radius 2 is 2.37 bits per heavy atom. The highest BCUT2D eigenvalue weighted by atomic mass is 32.2. The molecule has 106 valence electrons. The second kappa shape index (κ2) is 7.88. The van der Waals surface area contributed by atoms with Gasteiger partial charge in [0.1, 0.15) is 5.82 Å². The van der Waals surface area contributed by atoms with Crippen LogP contribution in [0.2, 0.25) is 0 Å². The van der Waals surface area contributed by atoms with Crippen molar-refractivity contribution in [1.82, 2.24) is 5.32 Å². The Morgan fingerprint density at radius 1 is 1.47 bits per heavy atom. The lowest BCUT2D eigenvalue weighted by atomic mass is 10.2. The number of ether oxygens (including phenoxy) is 1. The fourth-order valence-corrected chi connectivity index (χ4v) is 3.34. The lowest BCUT2D eigenvalue weighted by Gasteiger charge is -2.13. The normalized spacial score (nSPS) is 18.9. The monoisotopic (exact) mass is 283 g/mol. The molecule has 1 heterocycles. The highest BCUT2D eigenvalue weighted by Crippen LogP contribution is 2.28. The van der Waals surface area contributed by atoms with E-state index in [4.69, 9.17) is 4.74 Å². The SMILES string of the molecule is CCCNCc1c(F)cccc1SCC1CCCO1. The van der Waals surface area contributed by atoms with E-state index < -0.39 is 0 Å². The first kappa shape index (κ1) is 14.8. The van der Waals surface area contributed by atoms with Crippen LogP contribution in [-0.2, 0) is 11.3 Å². The van der Waals surface area contributed by atoms with Gasteiger partial charge >= 0.3 is 0 Å². The third-order valence-corrected chi connectivity index (χ3v) is 4.49. The fraction of sp³-hybridized carbons (Fsp3) is 0.600. The van der Waals surface area contributed by atoms with Crippen LogP contribution in [0.4, 0.5) is 4.39 Å². The lowest BCUT2D eigenvalue weighted by Crippen LogP contribution is -2.16. The maximum atomic E-state index is 13.9. The van der Waals surface area contributed by atoms with Crippen LogP contribution in [-0.4, -0.2) is 25.0 Å². The Labute approximate surface area is 119 Å². The summed E-state index contributed by atoms with van der Waals surface area (Å²) in [6.45, 7) is 4.51. The van der Waals surface area contributed by atoms with Gasteiger partial charge in [-0.05, 0) is 37.9 Å². The molecule has 0 bridgehead atoms. The van der Waals surface area contributed by atoms with Gasteiger partial charge in [0.2, 0.25) is 0 Å². The quantitative estimate of drug-likeness (QED) is 0.610. The van der Waals surface area contributed by atoms with Crippen molar-refractivity contribution in [3.05, 3.63) is 29.6 Å². The van der Waals surface area contributed by atoms with Crippen molar-refractivity contribution in [2.75, 3.05) is 18.9 Å². The van der Waals surface area contributed by atoms with Gasteiger partial charge in [-0.2, -0.15) is 0 Å². The minimum Gasteiger partial charge on any atom is -0.377 e. The largest absolute Gasteiger partial charge is 0.377 e. The van der Waals surface area contributed by atoms with Gasteiger partial charge in [0.05, 0.1) is 6.10 Å². The van der Waals surface area contributed by atoms with Crippen LogP contribution in [0.5, 0.6) is 0 Å².